The van der Waals surface area contributed by atoms with Gasteiger partial charge in [0.05, 0.1) is 26.2 Å². The molecule has 0 aliphatic carbocycles. The van der Waals surface area contributed by atoms with Crippen LogP contribution in [0.15, 0.2) is 30.3 Å². The van der Waals surface area contributed by atoms with Gasteiger partial charge in [-0.25, -0.2) is 0 Å². The number of hydrogen-bond acceptors (Lipinski definition) is 4. The third kappa shape index (κ3) is 5.54. The highest BCUT2D eigenvalue weighted by atomic mass is 16.5. The molecular weight excluding hydrogens is 318 g/mol. The van der Waals surface area contributed by atoms with E-state index in [0.29, 0.717) is 39.3 Å². The zero-order valence-corrected chi connectivity index (χ0v) is 14.7. The third-order valence-electron chi connectivity index (χ3n) is 4.88. The number of piperidine rings is 1. The lowest BCUT2D eigenvalue weighted by atomic mass is 10.0. The zero-order valence-electron chi connectivity index (χ0n) is 14.7. The summed E-state index contributed by atoms with van der Waals surface area (Å²) in [5.41, 5.74) is 1.04. The molecule has 2 amide bonds. The van der Waals surface area contributed by atoms with E-state index in [9.17, 15) is 9.59 Å². The molecule has 2 fully saturated rings. The van der Waals surface area contributed by atoms with Crippen LogP contribution in [0.25, 0.3) is 0 Å². The predicted molar refractivity (Wildman–Crippen MR) is 95.1 cm³/mol. The van der Waals surface area contributed by atoms with Crippen molar-refractivity contribution in [2.24, 2.45) is 0 Å². The molecule has 0 radical (unpaired) electrons. The van der Waals surface area contributed by atoms with E-state index in [0.717, 1.165) is 31.5 Å². The van der Waals surface area contributed by atoms with Gasteiger partial charge in [0.25, 0.3) is 0 Å². The van der Waals surface area contributed by atoms with Gasteiger partial charge in [-0.3, -0.25) is 14.5 Å². The standard InChI is InChI=1S/C19H27N3O3/c23-18(14-16-4-2-1-3-5-16)20-17-6-8-21(9-7-17)15-19(24)22-10-12-25-13-11-22/h1-5,17H,6-15H2,(H,20,23). The summed E-state index contributed by atoms with van der Waals surface area (Å²) in [6, 6.07) is 10.0. The van der Waals surface area contributed by atoms with Crippen LogP contribution in [-0.4, -0.2) is 73.6 Å². The molecule has 0 bridgehead atoms. The molecule has 2 saturated heterocycles. The number of likely N-dealkylation sites (tertiary alicyclic amines) is 1. The molecule has 6 nitrogen and oxygen atoms in total. The lowest BCUT2D eigenvalue weighted by molar-refractivity contribution is -0.137. The van der Waals surface area contributed by atoms with Crippen molar-refractivity contribution in [3.63, 3.8) is 0 Å². The zero-order chi connectivity index (χ0) is 17.5. The minimum Gasteiger partial charge on any atom is -0.378 e. The number of nitrogens with zero attached hydrogens (tertiary/aromatic N) is 2. The average Bonchev–Trinajstić information content (AvgIpc) is 2.65. The van der Waals surface area contributed by atoms with Crippen LogP contribution in [0.4, 0.5) is 0 Å². The van der Waals surface area contributed by atoms with E-state index in [2.05, 4.69) is 10.2 Å². The van der Waals surface area contributed by atoms with Crippen molar-refractivity contribution in [2.45, 2.75) is 25.3 Å². The Balaban J connectivity index is 1.36. The van der Waals surface area contributed by atoms with Gasteiger partial charge in [-0.1, -0.05) is 30.3 Å². The fraction of sp³-hybridized carbons (Fsp3) is 0.579. The molecule has 2 aliphatic rings. The second kappa shape index (κ2) is 8.97. The van der Waals surface area contributed by atoms with Gasteiger partial charge in [0.2, 0.25) is 11.8 Å². The highest BCUT2D eigenvalue weighted by molar-refractivity contribution is 5.79. The molecule has 0 atom stereocenters. The van der Waals surface area contributed by atoms with Crippen molar-refractivity contribution < 1.29 is 14.3 Å². The molecule has 2 aliphatic heterocycles. The quantitative estimate of drug-likeness (QED) is 0.852. The molecular formula is C19H27N3O3. The number of carbonyl (C=O) groups excluding carboxylic acids is 2. The SMILES string of the molecule is O=C(Cc1ccccc1)NC1CCN(CC(=O)N2CCOCC2)CC1. The van der Waals surface area contributed by atoms with Crippen LogP contribution in [-0.2, 0) is 20.7 Å². The van der Waals surface area contributed by atoms with Gasteiger partial charge >= 0.3 is 0 Å². The highest BCUT2D eigenvalue weighted by Crippen LogP contribution is 2.11. The summed E-state index contributed by atoms with van der Waals surface area (Å²) in [6.07, 6.45) is 2.23. The number of hydrogen-bond donors (Lipinski definition) is 1. The van der Waals surface area contributed by atoms with Crippen LogP contribution in [0, 0.1) is 0 Å². The minimum absolute atomic E-state index is 0.0778. The smallest absolute Gasteiger partial charge is 0.236 e. The maximum atomic E-state index is 12.3. The van der Waals surface area contributed by atoms with E-state index >= 15 is 0 Å². The summed E-state index contributed by atoms with van der Waals surface area (Å²) in [5.74, 6) is 0.268. The Morgan fingerprint density at radius 1 is 1.04 bits per heavy atom. The van der Waals surface area contributed by atoms with Crippen molar-refractivity contribution in [1.29, 1.82) is 0 Å². The van der Waals surface area contributed by atoms with Crippen LogP contribution in [0.2, 0.25) is 0 Å². The number of benzene rings is 1. The first-order valence-corrected chi connectivity index (χ1v) is 9.12. The Bertz CT molecular complexity index is 565. The molecule has 136 valence electrons. The Kier molecular flexibility index (Phi) is 6.42. The second-order valence-electron chi connectivity index (χ2n) is 6.77. The van der Waals surface area contributed by atoms with E-state index < -0.39 is 0 Å². The minimum atomic E-state index is 0.0778. The lowest BCUT2D eigenvalue weighted by Crippen LogP contribution is -2.50. The summed E-state index contributed by atoms with van der Waals surface area (Å²) in [5, 5.41) is 3.13. The summed E-state index contributed by atoms with van der Waals surface area (Å²) >= 11 is 0. The van der Waals surface area contributed by atoms with Crippen molar-refractivity contribution in [3.05, 3.63) is 35.9 Å². The first kappa shape index (κ1) is 17.9. The molecule has 1 aromatic carbocycles. The number of ether oxygens (including phenoxy) is 1. The topological polar surface area (TPSA) is 61.9 Å². The maximum Gasteiger partial charge on any atom is 0.236 e. The summed E-state index contributed by atoms with van der Waals surface area (Å²) < 4.78 is 5.29. The molecule has 1 N–H and O–H groups in total. The molecule has 0 aromatic heterocycles. The maximum absolute atomic E-state index is 12.3. The van der Waals surface area contributed by atoms with Gasteiger partial charge in [-0.05, 0) is 18.4 Å². The van der Waals surface area contributed by atoms with Gasteiger partial charge in [-0.15, -0.1) is 0 Å². The van der Waals surface area contributed by atoms with Gasteiger partial charge in [0.1, 0.15) is 0 Å². The lowest BCUT2D eigenvalue weighted by Gasteiger charge is -2.34. The van der Waals surface area contributed by atoms with Crippen molar-refractivity contribution in [2.75, 3.05) is 45.9 Å². The van der Waals surface area contributed by atoms with E-state index in [1.165, 1.54) is 0 Å². The van der Waals surface area contributed by atoms with E-state index in [1.807, 2.05) is 35.2 Å². The average molecular weight is 345 g/mol. The normalized spacial score (nSPS) is 19.6. The first-order chi connectivity index (χ1) is 12.2. The largest absolute Gasteiger partial charge is 0.378 e. The summed E-state index contributed by atoms with van der Waals surface area (Å²) in [4.78, 5) is 28.5. The third-order valence-corrected chi connectivity index (χ3v) is 4.88. The van der Waals surface area contributed by atoms with Gasteiger partial charge in [0, 0.05) is 32.2 Å². The summed E-state index contributed by atoms with van der Waals surface area (Å²) in [6.45, 7) is 4.86. The van der Waals surface area contributed by atoms with Gasteiger partial charge in [0.15, 0.2) is 0 Å². The summed E-state index contributed by atoms with van der Waals surface area (Å²) in [7, 11) is 0. The van der Waals surface area contributed by atoms with Gasteiger partial charge < -0.3 is 15.0 Å². The van der Waals surface area contributed by atoms with Crippen molar-refractivity contribution in [3.8, 4) is 0 Å². The van der Waals surface area contributed by atoms with Crippen molar-refractivity contribution >= 4 is 11.8 Å². The molecule has 3 rings (SSSR count). The van der Waals surface area contributed by atoms with E-state index in [1.54, 1.807) is 0 Å². The van der Waals surface area contributed by atoms with Crippen LogP contribution in [0.1, 0.15) is 18.4 Å². The van der Waals surface area contributed by atoms with Crippen LogP contribution >= 0.6 is 0 Å². The van der Waals surface area contributed by atoms with Crippen LogP contribution in [0.3, 0.4) is 0 Å². The Morgan fingerprint density at radius 3 is 2.40 bits per heavy atom. The van der Waals surface area contributed by atoms with Crippen molar-refractivity contribution in [1.82, 2.24) is 15.1 Å². The van der Waals surface area contributed by atoms with E-state index in [-0.39, 0.29) is 17.9 Å². The molecule has 2 heterocycles. The monoisotopic (exact) mass is 345 g/mol. The predicted octanol–water partition coefficient (Wildman–Crippen LogP) is 0.669. The van der Waals surface area contributed by atoms with Crippen LogP contribution in [0.5, 0.6) is 0 Å². The number of amides is 2. The highest BCUT2D eigenvalue weighted by Gasteiger charge is 2.24. The van der Waals surface area contributed by atoms with E-state index in [4.69, 9.17) is 4.74 Å². The first-order valence-electron chi connectivity index (χ1n) is 9.12. The molecule has 0 spiro atoms. The van der Waals surface area contributed by atoms with Gasteiger partial charge in [-0.2, -0.15) is 0 Å². The molecule has 6 heteroatoms. The number of rotatable bonds is 5. The number of nitrogens with one attached hydrogen (secondary N) is 1. The Morgan fingerprint density at radius 2 is 1.72 bits per heavy atom. The molecule has 0 unspecified atom stereocenters. The fourth-order valence-electron chi connectivity index (χ4n) is 3.40. The van der Waals surface area contributed by atoms with Crippen LogP contribution < -0.4 is 5.32 Å². The molecule has 25 heavy (non-hydrogen) atoms. The Hall–Kier alpha value is -1.92. The number of morpholine rings is 1. The number of carbonyl (C=O) groups is 2. The Labute approximate surface area is 149 Å². The molecule has 0 saturated carbocycles. The second-order valence-corrected chi connectivity index (χ2v) is 6.77. The molecule has 1 aromatic rings. The fourth-order valence-corrected chi connectivity index (χ4v) is 3.40.